The maximum atomic E-state index is 12.5. The van der Waals surface area contributed by atoms with Crippen molar-refractivity contribution in [2.75, 3.05) is 6.61 Å². The SMILES string of the molecule is Cc1cc(C)c(C[C@H]2COC(=O)[C@]2(O)Cc2c(C)cc(C)cc2C)c(C)c1. The average Bonchev–Trinajstić information content (AvgIpc) is 2.82. The second-order valence-corrected chi connectivity index (χ2v) is 8.36. The fraction of sp³-hybridized carbons (Fsp3) is 0.458. The molecule has 1 fully saturated rings. The number of aliphatic hydroxyl groups is 1. The van der Waals surface area contributed by atoms with Gasteiger partial charge in [0.15, 0.2) is 5.60 Å². The molecule has 1 heterocycles. The van der Waals surface area contributed by atoms with Gasteiger partial charge in [0.1, 0.15) is 0 Å². The van der Waals surface area contributed by atoms with Gasteiger partial charge in [-0.15, -0.1) is 0 Å². The van der Waals surface area contributed by atoms with E-state index in [1.54, 1.807) is 0 Å². The molecule has 144 valence electrons. The Hall–Kier alpha value is -2.13. The molecule has 0 saturated carbocycles. The molecule has 2 aromatic carbocycles. The number of carbonyl (C=O) groups is 1. The predicted octanol–water partition coefficient (Wildman–Crippen LogP) is 4.23. The van der Waals surface area contributed by atoms with E-state index in [0.29, 0.717) is 12.8 Å². The summed E-state index contributed by atoms with van der Waals surface area (Å²) in [6, 6.07) is 8.53. The van der Waals surface area contributed by atoms with E-state index in [1.165, 1.54) is 27.8 Å². The molecule has 0 unspecified atom stereocenters. The molecular formula is C24H30O3. The Morgan fingerprint density at radius 1 is 0.889 bits per heavy atom. The van der Waals surface area contributed by atoms with Gasteiger partial charge in [-0.1, -0.05) is 35.4 Å². The van der Waals surface area contributed by atoms with Crippen LogP contribution in [0, 0.1) is 47.5 Å². The highest BCUT2D eigenvalue weighted by molar-refractivity contribution is 5.82. The number of carbonyl (C=O) groups excluding carboxylic acids is 1. The lowest BCUT2D eigenvalue weighted by atomic mass is 9.78. The first kappa shape index (κ1) is 19.6. The zero-order valence-corrected chi connectivity index (χ0v) is 17.3. The summed E-state index contributed by atoms with van der Waals surface area (Å²) in [5.41, 5.74) is 7.84. The summed E-state index contributed by atoms with van der Waals surface area (Å²) in [4.78, 5) is 12.5. The van der Waals surface area contributed by atoms with Crippen LogP contribution in [-0.2, 0) is 22.4 Å². The lowest BCUT2D eigenvalue weighted by Gasteiger charge is -2.28. The van der Waals surface area contributed by atoms with E-state index in [9.17, 15) is 9.90 Å². The fourth-order valence-corrected chi connectivity index (χ4v) is 4.59. The van der Waals surface area contributed by atoms with Crippen molar-refractivity contribution >= 4 is 5.97 Å². The number of hydrogen-bond donors (Lipinski definition) is 1. The minimum atomic E-state index is -1.48. The van der Waals surface area contributed by atoms with E-state index in [-0.39, 0.29) is 12.5 Å². The third kappa shape index (κ3) is 3.66. The Bertz CT molecular complexity index is 850. The summed E-state index contributed by atoms with van der Waals surface area (Å²) in [6.45, 7) is 12.7. The summed E-state index contributed by atoms with van der Waals surface area (Å²) in [6.07, 6.45) is 0.947. The number of esters is 1. The zero-order chi connectivity index (χ0) is 19.9. The van der Waals surface area contributed by atoms with Gasteiger partial charge in [0.25, 0.3) is 0 Å². The van der Waals surface area contributed by atoms with Gasteiger partial charge >= 0.3 is 5.97 Å². The molecule has 1 aliphatic heterocycles. The first-order chi connectivity index (χ1) is 12.6. The Kier molecular flexibility index (Phi) is 5.18. The van der Waals surface area contributed by atoms with Crippen molar-refractivity contribution in [3.05, 3.63) is 68.8 Å². The molecule has 3 rings (SSSR count). The van der Waals surface area contributed by atoms with Gasteiger partial charge in [0.2, 0.25) is 0 Å². The molecule has 0 radical (unpaired) electrons. The number of cyclic esters (lactones) is 1. The number of benzene rings is 2. The van der Waals surface area contributed by atoms with Crippen LogP contribution in [-0.4, -0.2) is 23.3 Å². The summed E-state index contributed by atoms with van der Waals surface area (Å²) >= 11 is 0. The topological polar surface area (TPSA) is 46.5 Å². The zero-order valence-electron chi connectivity index (χ0n) is 17.3. The Morgan fingerprint density at radius 3 is 1.81 bits per heavy atom. The van der Waals surface area contributed by atoms with Crippen molar-refractivity contribution in [2.45, 2.75) is 60.0 Å². The molecule has 0 bridgehead atoms. The molecule has 0 amide bonds. The Labute approximate surface area is 162 Å². The lowest BCUT2D eigenvalue weighted by molar-refractivity contribution is -0.154. The molecule has 1 saturated heterocycles. The second-order valence-electron chi connectivity index (χ2n) is 8.36. The number of rotatable bonds is 4. The summed E-state index contributed by atoms with van der Waals surface area (Å²) in [7, 11) is 0. The van der Waals surface area contributed by atoms with E-state index in [4.69, 9.17) is 4.74 Å². The van der Waals surface area contributed by atoms with Crippen LogP contribution in [0.5, 0.6) is 0 Å². The average molecular weight is 367 g/mol. The van der Waals surface area contributed by atoms with E-state index in [0.717, 1.165) is 16.7 Å². The maximum absolute atomic E-state index is 12.5. The molecule has 0 aromatic heterocycles. The Balaban J connectivity index is 1.95. The summed E-state index contributed by atoms with van der Waals surface area (Å²) in [5.74, 6) is -0.737. The van der Waals surface area contributed by atoms with Crippen molar-refractivity contribution in [2.24, 2.45) is 5.92 Å². The smallest absolute Gasteiger partial charge is 0.338 e. The quantitative estimate of drug-likeness (QED) is 0.824. The fourth-order valence-electron chi connectivity index (χ4n) is 4.59. The van der Waals surface area contributed by atoms with Crippen LogP contribution in [0.1, 0.15) is 44.5 Å². The van der Waals surface area contributed by atoms with Crippen molar-refractivity contribution < 1.29 is 14.6 Å². The molecule has 3 heteroatoms. The van der Waals surface area contributed by atoms with Gasteiger partial charge in [-0.2, -0.15) is 0 Å². The largest absolute Gasteiger partial charge is 0.463 e. The van der Waals surface area contributed by atoms with Crippen LogP contribution in [0.25, 0.3) is 0 Å². The molecule has 0 aliphatic carbocycles. The molecule has 2 atom stereocenters. The minimum Gasteiger partial charge on any atom is -0.463 e. The molecule has 0 spiro atoms. The van der Waals surface area contributed by atoms with E-state index in [2.05, 4.69) is 52.0 Å². The minimum absolute atomic E-state index is 0.245. The van der Waals surface area contributed by atoms with Crippen LogP contribution in [0.2, 0.25) is 0 Å². The lowest BCUT2D eigenvalue weighted by Crippen LogP contribution is -2.44. The van der Waals surface area contributed by atoms with Crippen molar-refractivity contribution in [3.8, 4) is 0 Å². The van der Waals surface area contributed by atoms with Gasteiger partial charge in [0, 0.05) is 12.3 Å². The van der Waals surface area contributed by atoms with E-state index >= 15 is 0 Å². The normalized spacial score (nSPS) is 22.2. The molecule has 1 N–H and O–H groups in total. The number of ether oxygens (including phenoxy) is 1. The highest BCUT2D eigenvalue weighted by Gasteiger charge is 2.51. The van der Waals surface area contributed by atoms with Crippen LogP contribution in [0.4, 0.5) is 0 Å². The molecule has 1 aliphatic rings. The van der Waals surface area contributed by atoms with Crippen LogP contribution >= 0.6 is 0 Å². The van der Waals surface area contributed by atoms with Crippen LogP contribution < -0.4 is 0 Å². The van der Waals surface area contributed by atoms with Gasteiger partial charge in [-0.05, 0) is 81.3 Å². The van der Waals surface area contributed by atoms with Crippen LogP contribution in [0.15, 0.2) is 24.3 Å². The molecule has 27 heavy (non-hydrogen) atoms. The van der Waals surface area contributed by atoms with Gasteiger partial charge in [0.05, 0.1) is 6.61 Å². The van der Waals surface area contributed by atoms with Gasteiger partial charge in [-0.3, -0.25) is 0 Å². The molecular weight excluding hydrogens is 336 g/mol. The summed E-state index contributed by atoms with van der Waals surface area (Å²) < 4.78 is 5.34. The standard InChI is InChI=1S/C24H30O3/c1-14-7-16(3)21(17(4)8-14)11-20-13-27-23(25)24(20,26)12-22-18(5)9-15(2)10-19(22)6/h7-10,20,26H,11-13H2,1-6H3/t20-,24-/m0/s1. The highest BCUT2D eigenvalue weighted by Crippen LogP contribution is 2.36. The monoisotopic (exact) mass is 366 g/mol. The van der Waals surface area contributed by atoms with Crippen molar-refractivity contribution in [3.63, 3.8) is 0 Å². The molecule has 2 aromatic rings. The first-order valence-corrected chi connectivity index (χ1v) is 9.65. The first-order valence-electron chi connectivity index (χ1n) is 9.65. The third-order valence-electron chi connectivity index (χ3n) is 6.02. The van der Waals surface area contributed by atoms with E-state index in [1.807, 2.05) is 13.8 Å². The maximum Gasteiger partial charge on any atom is 0.338 e. The molecule has 3 nitrogen and oxygen atoms in total. The van der Waals surface area contributed by atoms with E-state index < -0.39 is 11.6 Å². The van der Waals surface area contributed by atoms with Gasteiger partial charge in [-0.25, -0.2) is 4.79 Å². The van der Waals surface area contributed by atoms with Crippen LogP contribution in [0.3, 0.4) is 0 Å². The Morgan fingerprint density at radius 2 is 1.33 bits per heavy atom. The predicted molar refractivity (Wildman–Crippen MR) is 108 cm³/mol. The number of aryl methyl sites for hydroxylation is 6. The second kappa shape index (κ2) is 7.12. The number of hydrogen-bond acceptors (Lipinski definition) is 3. The summed E-state index contributed by atoms with van der Waals surface area (Å²) in [5, 5.41) is 11.4. The highest BCUT2D eigenvalue weighted by atomic mass is 16.6. The van der Waals surface area contributed by atoms with Crippen molar-refractivity contribution in [1.82, 2.24) is 0 Å². The van der Waals surface area contributed by atoms with Crippen molar-refractivity contribution in [1.29, 1.82) is 0 Å². The van der Waals surface area contributed by atoms with Gasteiger partial charge < -0.3 is 9.84 Å². The third-order valence-corrected chi connectivity index (χ3v) is 6.02.